The molecule has 0 aliphatic carbocycles. The van der Waals surface area contributed by atoms with Gasteiger partial charge in [0.05, 0.1) is 0 Å². The highest BCUT2D eigenvalue weighted by molar-refractivity contribution is 5.96. The van der Waals surface area contributed by atoms with Crippen LogP contribution in [0, 0.1) is 6.92 Å². The average Bonchev–Trinajstić information content (AvgIpc) is 2.81. The number of aromatic nitrogens is 1. The molecule has 0 saturated heterocycles. The Morgan fingerprint density at radius 3 is 2.46 bits per heavy atom. The summed E-state index contributed by atoms with van der Waals surface area (Å²) in [5.41, 5.74) is 4.87. The highest BCUT2D eigenvalue weighted by atomic mass is 16.3. The van der Waals surface area contributed by atoms with Gasteiger partial charge in [0, 0.05) is 41.7 Å². The van der Waals surface area contributed by atoms with Gasteiger partial charge >= 0.3 is 0 Å². The second-order valence-electron chi connectivity index (χ2n) is 6.79. The fourth-order valence-corrected chi connectivity index (χ4v) is 3.63. The maximum atomic E-state index is 12.8. The van der Waals surface area contributed by atoms with E-state index in [1.807, 2.05) is 0 Å². The molecule has 0 bridgehead atoms. The van der Waals surface area contributed by atoms with Crippen LogP contribution >= 0.6 is 0 Å². The molecule has 6 heteroatoms. The zero-order valence-electron chi connectivity index (χ0n) is 14.4. The van der Waals surface area contributed by atoms with Crippen molar-refractivity contribution in [3.05, 3.63) is 52.7 Å². The van der Waals surface area contributed by atoms with Gasteiger partial charge in [0.2, 0.25) is 0 Å². The first kappa shape index (κ1) is 16.3. The lowest BCUT2D eigenvalue weighted by atomic mass is 10.1. The van der Waals surface area contributed by atoms with Gasteiger partial charge in [-0.1, -0.05) is 11.6 Å². The van der Waals surface area contributed by atoms with Crippen LogP contribution in [0.15, 0.2) is 30.3 Å². The molecule has 1 aliphatic rings. The number of fused-ring (bicyclic) bond motifs is 3. The zero-order chi connectivity index (χ0) is 18.4. The molecule has 4 N–H and O–H groups in total. The van der Waals surface area contributed by atoms with Gasteiger partial charge < -0.3 is 25.2 Å². The van der Waals surface area contributed by atoms with Crippen molar-refractivity contribution in [3.63, 3.8) is 0 Å². The van der Waals surface area contributed by atoms with Crippen molar-refractivity contribution < 1.29 is 20.1 Å². The topological polar surface area (TPSA) is 96.8 Å². The van der Waals surface area contributed by atoms with E-state index in [2.05, 4.69) is 30.1 Å². The number of phenolic OH excluding ortho intramolecular Hbond substituents is 3. The Kier molecular flexibility index (Phi) is 3.76. The third kappa shape index (κ3) is 2.63. The van der Waals surface area contributed by atoms with Crippen molar-refractivity contribution >= 4 is 16.8 Å². The van der Waals surface area contributed by atoms with Crippen LogP contribution in [0.5, 0.6) is 17.2 Å². The van der Waals surface area contributed by atoms with Gasteiger partial charge in [-0.15, -0.1) is 0 Å². The van der Waals surface area contributed by atoms with Crippen LogP contribution in [0.4, 0.5) is 0 Å². The van der Waals surface area contributed by atoms with E-state index in [0.717, 1.165) is 17.6 Å². The van der Waals surface area contributed by atoms with Crippen LogP contribution in [0.3, 0.4) is 0 Å². The highest BCUT2D eigenvalue weighted by Gasteiger charge is 2.23. The van der Waals surface area contributed by atoms with Gasteiger partial charge in [-0.3, -0.25) is 4.79 Å². The minimum absolute atomic E-state index is 0.157. The summed E-state index contributed by atoms with van der Waals surface area (Å²) < 4.78 is 0. The van der Waals surface area contributed by atoms with Crippen molar-refractivity contribution in [2.45, 2.75) is 19.8 Å². The Hall–Kier alpha value is -3.15. The Morgan fingerprint density at radius 2 is 1.73 bits per heavy atom. The minimum atomic E-state index is -0.616. The summed E-state index contributed by atoms with van der Waals surface area (Å²) in [4.78, 5) is 17.9. The van der Waals surface area contributed by atoms with Gasteiger partial charge in [0.1, 0.15) is 0 Å². The zero-order valence-corrected chi connectivity index (χ0v) is 14.4. The number of aryl methyl sites for hydroxylation is 1. The fraction of sp³-hybridized carbons (Fsp3) is 0.250. The van der Waals surface area contributed by atoms with Crippen molar-refractivity contribution in [2.24, 2.45) is 0 Å². The van der Waals surface area contributed by atoms with E-state index in [-0.39, 0.29) is 11.5 Å². The standard InChI is InChI=1S/C20H20N2O4/c1-11-2-3-15-14(8-11)13-4-6-22(7-5-16(13)21-15)20(26)12-9-17(23)19(25)18(24)10-12/h2-3,8-10,21,23-25H,4-7H2,1H3. The first-order chi connectivity index (χ1) is 12.4. The van der Waals surface area contributed by atoms with E-state index in [4.69, 9.17) is 0 Å². The Bertz CT molecular complexity index is 999. The third-order valence-corrected chi connectivity index (χ3v) is 5.02. The lowest BCUT2D eigenvalue weighted by molar-refractivity contribution is 0.0762. The molecule has 0 fully saturated rings. The molecule has 0 radical (unpaired) electrons. The molecular formula is C20H20N2O4. The van der Waals surface area contributed by atoms with Crippen LogP contribution in [-0.2, 0) is 12.8 Å². The fourth-order valence-electron chi connectivity index (χ4n) is 3.63. The van der Waals surface area contributed by atoms with Crippen LogP contribution in [0.1, 0.15) is 27.2 Å². The highest BCUT2D eigenvalue weighted by Crippen LogP contribution is 2.36. The second kappa shape index (κ2) is 5.98. The molecule has 2 aromatic carbocycles. The van der Waals surface area contributed by atoms with Gasteiger partial charge in [-0.05, 0) is 43.2 Å². The van der Waals surface area contributed by atoms with Crippen LogP contribution in [0.25, 0.3) is 10.9 Å². The molecule has 4 rings (SSSR count). The van der Waals surface area contributed by atoms with Gasteiger partial charge in [0.25, 0.3) is 5.91 Å². The third-order valence-electron chi connectivity index (χ3n) is 5.02. The number of H-pyrrole nitrogens is 1. The number of rotatable bonds is 1. The van der Waals surface area contributed by atoms with Gasteiger partial charge in [0.15, 0.2) is 17.2 Å². The summed E-state index contributed by atoms with van der Waals surface area (Å²) in [5, 5.41) is 30.0. The molecular weight excluding hydrogens is 332 g/mol. The van der Waals surface area contributed by atoms with Gasteiger partial charge in [-0.2, -0.15) is 0 Å². The lowest BCUT2D eigenvalue weighted by Crippen LogP contribution is -2.33. The van der Waals surface area contributed by atoms with Crippen molar-refractivity contribution in [1.82, 2.24) is 9.88 Å². The number of hydrogen-bond donors (Lipinski definition) is 4. The van der Waals surface area contributed by atoms with Crippen LogP contribution in [-0.4, -0.2) is 44.2 Å². The van der Waals surface area contributed by atoms with Crippen LogP contribution in [0.2, 0.25) is 0 Å². The predicted octanol–water partition coefficient (Wildman–Crippen LogP) is 2.83. The number of aromatic amines is 1. The normalized spacial score (nSPS) is 14.3. The molecule has 1 aliphatic heterocycles. The number of phenols is 3. The molecule has 3 aromatic rings. The molecule has 26 heavy (non-hydrogen) atoms. The quantitative estimate of drug-likeness (QED) is 0.506. The molecule has 0 saturated carbocycles. The Labute approximate surface area is 150 Å². The largest absolute Gasteiger partial charge is 0.504 e. The molecule has 1 aromatic heterocycles. The number of carbonyl (C=O) groups is 1. The summed E-state index contributed by atoms with van der Waals surface area (Å²) in [6.07, 6.45) is 1.45. The van der Waals surface area contributed by atoms with E-state index in [1.165, 1.54) is 28.6 Å². The number of hydrogen-bond acceptors (Lipinski definition) is 4. The number of amides is 1. The summed E-state index contributed by atoms with van der Waals surface area (Å²) in [7, 11) is 0. The predicted molar refractivity (Wildman–Crippen MR) is 97.8 cm³/mol. The summed E-state index contributed by atoms with van der Waals surface area (Å²) in [6, 6.07) is 8.70. The molecule has 2 heterocycles. The van der Waals surface area contributed by atoms with E-state index in [9.17, 15) is 20.1 Å². The Morgan fingerprint density at radius 1 is 1.04 bits per heavy atom. The summed E-state index contributed by atoms with van der Waals surface area (Å²) in [5.74, 6) is -1.90. The Balaban J connectivity index is 1.61. The number of aromatic hydroxyl groups is 3. The minimum Gasteiger partial charge on any atom is -0.504 e. The second-order valence-corrected chi connectivity index (χ2v) is 6.79. The number of nitrogens with one attached hydrogen (secondary N) is 1. The summed E-state index contributed by atoms with van der Waals surface area (Å²) in [6.45, 7) is 3.16. The molecule has 0 atom stereocenters. The maximum Gasteiger partial charge on any atom is 0.254 e. The van der Waals surface area contributed by atoms with Crippen molar-refractivity contribution in [1.29, 1.82) is 0 Å². The van der Waals surface area contributed by atoms with E-state index in [0.29, 0.717) is 19.5 Å². The van der Waals surface area contributed by atoms with Crippen LogP contribution < -0.4 is 0 Å². The number of benzene rings is 2. The first-order valence-corrected chi connectivity index (χ1v) is 8.58. The van der Waals surface area contributed by atoms with Crippen molar-refractivity contribution in [2.75, 3.05) is 13.1 Å². The SMILES string of the molecule is Cc1ccc2[nH]c3c(c2c1)CCN(C(=O)c1cc(O)c(O)c(O)c1)CC3. The van der Waals surface area contributed by atoms with E-state index in [1.54, 1.807) is 4.90 Å². The molecule has 0 spiro atoms. The number of nitrogens with zero attached hydrogens (tertiary/aromatic N) is 1. The smallest absolute Gasteiger partial charge is 0.254 e. The molecule has 1 amide bonds. The van der Waals surface area contributed by atoms with E-state index >= 15 is 0 Å². The first-order valence-electron chi connectivity index (χ1n) is 8.58. The number of carbonyl (C=O) groups excluding carboxylic acids is 1. The monoisotopic (exact) mass is 352 g/mol. The van der Waals surface area contributed by atoms with Gasteiger partial charge in [-0.25, -0.2) is 0 Å². The van der Waals surface area contributed by atoms with Crippen molar-refractivity contribution in [3.8, 4) is 17.2 Å². The molecule has 6 nitrogen and oxygen atoms in total. The summed E-state index contributed by atoms with van der Waals surface area (Å²) >= 11 is 0. The lowest BCUT2D eigenvalue weighted by Gasteiger charge is -2.20. The average molecular weight is 352 g/mol. The molecule has 134 valence electrons. The molecule has 0 unspecified atom stereocenters. The van der Waals surface area contributed by atoms with E-state index < -0.39 is 17.2 Å². The maximum absolute atomic E-state index is 12.8.